The van der Waals surface area contributed by atoms with Crippen LogP contribution >= 0.6 is 0 Å². The zero-order valence-corrected chi connectivity index (χ0v) is 10.2. The molecule has 0 aliphatic heterocycles. The first-order valence-corrected chi connectivity index (χ1v) is 5.35. The summed E-state index contributed by atoms with van der Waals surface area (Å²) < 4.78 is 0. The number of rotatable bonds is 3. The zero-order chi connectivity index (χ0) is 13.1. The van der Waals surface area contributed by atoms with Crippen LogP contribution in [0.15, 0.2) is 47.1 Å². The third kappa shape index (κ3) is 2.88. The van der Waals surface area contributed by atoms with Gasteiger partial charge in [-0.1, -0.05) is 6.08 Å². The van der Waals surface area contributed by atoms with Gasteiger partial charge < -0.3 is 5.11 Å². The second-order valence-corrected chi connectivity index (χ2v) is 4.20. The zero-order valence-electron chi connectivity index (χ0n) is 10.2. The first-order valence-electron chi connectivity index (χ1n) is 5.35. The van der Waals surface area contributed by atoms with E-state index < -0.39 is 5.60 Å². The summed E-state index contributed by atoms with van der Waals surface area (Å²) in [5.41, 5.74) is 0.674. The van der Waals surface area contributed by atoms with Gasteiger partial charge >= 0.3 is 0 Å². The minimum atomic E-state index is -1.23. The van der Waals surface area contributed by atoms with Crippen molar-refractivity contribution in [1.29, 1.82) is 0 Å². The maximum Gasteiger partial charge on any atom is 0.178 e. The molecule has 0 fully saturated rings. The number of carbonyl (C=O) groups excluding carboxylic acids is 2. The van der Waals surface area contributed by atoms with Crippen LogP contribution in [0.25, 0.3) is 0 Å². The van der Waals surface area contributed by atoms with Gasteiger partial charge in [0.05, 0.1) is 0 Å². The van der Waals surface area contributed by atoms with Gasteiger partial charge in [-0.3, -0.25) is 9.59 Å². The van der Waals surface area contributed by atoms with Crippen LogP contribution in [0, 0.1) is 0 Å². The molecule has 0 heterocycles. The Balaban J connectivity index is 3.07. The summed E-state index contributed by atoms with van der Waals surface area (Å²) in [6, 6.07) is 0. The minimum absolute atomic E-state index is 0.113. The second-order valence-electron chi connectivity index (χ2n) is 4.20. The molecular weight excluding hydrogens is 216 g/mol. The van der Waals surface area contributed by atoms with Crippen LogP contribution in [-0.4, -0.2) is 22.8 Å². The van der Waals surface area contributed by atoms with Crippen LogP contribution < -0.4 is 0 Å². The molecule has 0 aromatic heterocycles. The quantitative estimate of drug-likeness (QED) is 0.459. The number of ketones is 1. The van der Waals surface area contributed by atoms with Crippen molar-refractivity contribution < 1.29 is 14.7 Å². The van der Waals surface area contributed by atoms with Gasteiger partial charge in [-0.15, -0.1) is 0 Å². The van der Waals surface area contributed by atoms with Crippen LogP contribution in [0.4, 0.5) is 0 Å². The van der Waals surface area contributed by atoms with Gasteiger partial charge in [-0.05, 0) is 61.8 Å². The van der Waals surface area contributed by atoms with E-state index in [-0.39, 0.29) is 5.78 Å². The average Bonchev–Trinajstić information content (AvgIpc) is 2.24. The summed E-state index contributed by atoms with van der Waals surface area (Å²) in [7, 11) is 0. The van der Waals surface area contributed by atoms with E-state index in [1.165, 1.54) is 18.2 Å². The third-order valence-corrected chi connectivity index (χ3v) is 2.84. The molecule has 1 N–H and O–H groups in total. The number of allylic oxidation sites excluding steroid dienone is 5. The Kier molecular flexibility index (Phi) is 3.97. The van der Waals surface area contributed by atoms with E-state index in [0.29, 0.717) is 17.4 Å². The van der Waals surface area contributed by atoms with Crippen LogP contribution in [0.1, 0.15) is 20.8 Å². The Morgan fingerprint density at radius 2 is 1.82 bits per heavy atom. The van der Waals surface area contributed by atoms with Crippen molar-refractivity contribution in [3.63, 3.8) is 0 Å². The van der Waals surface area contributed by atoms with Gasteiger partial charge in [-0.25, -0.2) is 0 Å². The molecule has 0 aromatic carbocycles. The van der Waals surface area contributed by atoms with E-state index in [4.69, 9.17) is 0 Å². The third-order valence-electron chi connectivity index (χ3n) is 2.84. The standard InChI is InChI=1S/C14H16O3/c1-10(5-7-15)4-6-14(17)11(2)8-13(16)9-12(14)3/h4-9,17H,1-3H3/b6-4+,10-5-. The van der Waals surface area contributed by atoms with E-state index in [1.54, 1.807) is 32.9 Å². The van der Waals surface area contributed by atoms with Gasteiger partial charge in [0.25, 0.3) is 0 Å². The molecule has 3 heteroatoms. The van der Waals surface area contributed by atoms with E-state index in [9.17, 15) is 14.7 Å². The highest BCUT2D eigenvalue weighted by molar-refractivity contribution is 6.02. The van der Waals surface area contributed by atoms with Crippen molar-refractivity contribution in [2.75, 3.05) is 0 Å². The lowest BCUT2D eigenvalue weighted by Gasteiger charge is -2.29. The number of aliphatic hydroxyl groups is 1. The molecule has 0 atom stereocenters. The van der Waals surface area contributed by atoms with E-state index in [1.807, 2.05) is 0 Å². The summed E-state index contributed by atoms with van der Waals surface area (Å²) in [5.74, 6) is -0.113. The van der Waals surface area contributed by atoms with Crippen LogP contribution in [-0.2, 0) is 9.59 Å². The highest BCUT2D eigenvalue weighted by Crippen LogP contribution is 2.30. The fourth-order valence-corrected chi connectivity index (χ4v) is 1.68. The summed E-state index contributed by atoms with van der Waals surface area (Å²) >= 11 is 0. The molecule has 1 aliphatic carbocycles. The highest BCUT2D eigenvalue weighted by Gasteiger charge is 2.31. The predicted molar refractivity (Wildman–Crippen MR) is 66.4 cm³/mol. The summed E-state index contributed by atoms with van der Waals surface area (Å²) in [4.78, 5) is 21.5. The van der Waals surface area contributed by atoms with E-state index >= 15 is 0 Å². The van der Waals surface area contributed by atoms with Crippen molar-refractivity contribution >= 4 is 12.1 Å². The molecule has 3 nitrogen and oxygen atoms in total. The second kappa shape index (κ2) is 5.06. The van der Waals surface area contributed by atoms with Crippen molar-refractivity contribution in [2.45, 2.75) is 26.4 Å². The van der Waals surface area contributed by atoms with E-state index in [2.05, 4.69) is 0 Å². The first-order chi connectivity index (χ1) is 7.90. The molecule has 0 saturated carbocycles. The number of hydrogen-bond acceptors (Lipinski definition) is 3. The molecule has 0 bridgehead atoms. The lowest BCUT2D eigenvalue weighted by atomic mass is 9.82. The maximum absolute atomic E-state index is 11.3. The number of carbonyl (C=O) groups is 2. The molecule has 17 heavy (non-hydrogen) atoms. The smallest absolute Gasteiger partial charge is 0.178 e. The molecule has 0 aromatic rings. The summed E-state index contributed by atoms with van der Waals surface area (Å²) in [5, 5.41) is 10.5. The average molecular weight is 232 g/mol. The van der Waals surface area contributed by atoms with Crippen molar-refractivity contribution in [2.24, 2.45) is 0 Å². The van der Waals surface area contributed by atoms with Crippen molar-refractivity contribution in [1.82, 2.24) is 0 Å². The molecule has 0 amide bonds. The van der Waals surface area contributed by atoms with Gasteiger partial charge in [0.1, 0.15) is 11.9 Å². The van der Waals surface area contributed by atoms with Crippen molar-refractivity contribution in [3.05, 3.63) is 47.1 Å². The van der Waals surface area contributed by atoms with Crippen LogP contribution in [0.3, 0.4) is 0 Å². The molecule has 1 rings (SSSR count). The normalized spacial score (nSPS) is 20.2. The first kappa shape index (κ1) is 13.3. The fourth-order valence-electron chi connectivity index (χ4n) is 1.68. The Labute approximate surface area is 101 Å². The summed E-state index contributed by atoms with van der Waals surface area (Å²) in [6.45, 7) is 5.18. The SMILES string of the molecule is CC1=CC(=O)C=C(C)C1(O)/C=C/C(C)=C\C=O. The number of aldehydes is 1. The van der Waals surface area contributed by atoms with Gasteiger partial charge in [0.15, 0.2) is 5.78 Å². The Morgan fingerprint density at radius 1 is 1.29 bits per heavy atom. The predicted octanol–water partition coefficient (Wildman–Crippen LogP) is 1.89. The van der Waals surface area contributed by atoms with Gasteiger partial charge in [0.2, 0.25) is 0 Å². The van der Waals surface area contributed by atoms with Gasteiger partial charge in [-0.2, -0.15) is 0 Å². The number of hydrogen-bond donors (Lipinski definition) is 1. The molecule has 1 aliphatic rings. The largest absolute Gasteiger partial charge is 0.377 e. The van der Waals surface area contributed by atoms with Gasteiger partial charge in [0, 0.05) is 0 Å². The Morgan fingerprint density at radius 3 is 2.29 bits per heavy atom. The Bertz CT molecular complexity index is 440. The topological polar surface area (TPSA) is 54.4 Å². The molecular formula is C14H16O3. The Hall–Kier alpha value is -1.74. The fraction of sp³-hybridized carbons (Fsp3) is 0.286. The molecule has 90 valence electrons. The van der Waals surface area contributed by atoms with Crippen LogP contribution in [0.5, 0.6) is 0 Å². The molecule has 0 radical (unpaired) electrons. The lowest BCUT2D eigenvalue weighted by Crippen LogP contribution is -2.32. The van der Waals surface area contributed by atoms with E-state index in [0.717, 1.165) is 5.57 Å². The summed E-state index contributed by atoms with van der Waals surface area (Å²) in [6.07, 6.45) is 8.18. The van der Waals surface area contributed by atoms with Crippen LogP contribution in [0.2, 0.25) is 0 Å². The molecule has 0 spiro atoms. The maximum atomic E-state index is 11.3. The molecule has 0 unspecified atom stereocenters. The lowest BCUT2D eigenvalue weighted by molar-refractivity contribution is -0.111. The van der Waals surface area contributed by atoms with Crippen molar-refractivity contribution in [3.8, 4) is 0 Å². The monoisotopic (exact) mass is 232 g/mol. The molecule has 0 saturated heterocycles. The highest BCUT2D eigenvalue weighted by atomic mass is 16.3. The minimum Gasteiger partial charge on any atom is -0.377 e.